The van der Waals surface area contributed by atoms with Gasteiger partial charge in [-0.3, -0.25) is 9.78 Å². The second-order valence-corrected chi connectivity index (χ2v) is 6.01. The zero-order valence-electron chi connectivity index (χ0n) is 13.9. The third-order valence-electron chi connectivity index (χ3n) is 3.70. The molecule has 0 aliphatic heterocycles. The lowest BCUT2D eigenvalue weighted by Crippen LogP contribution is -2.05. The molecule has 3 rings (SSSR count). The highest BCUT2D eigenvalue weighted by atomic mass is 16.1. The summed E-state index contributed by atoms with van der Waals surface area (Å²) in [5.74, 6) is -0.165. The standard InChI is InChI=1S/C18H19N5O/c1-10(2)14-7-13(6-11(3)22-14)15-9-21-18-17(23-15)12(8-20-18)4-5-16(19)24/h4-10H,1-3H3,(H2,19,24)(H,20,21)/b5-4+. The van der Waals surface area contributed by atoms with Gasteiger partial charge >= 0.3 is 0 Å². The number of aromatic nitrogens is 4. The maximum Gasteiger partial charge on any atom is 0.241 e. The molecule has 0 aromatic carbocycles. The minimum Gasteiger partial charge on any atom is -0.366 e. The zero-order chi connectivity index (χ0) is 17.3. The predicted octanol–water partition coefficient (Wildman–Crippen LogP) is 2.95. The summed E-state index contributed by atoms with van der Waals surface area (Å²) in [6.45, 7) is 6.19. The number of H-pyrrole nitrogens is 1. The van der Waals surface area contributed by atoms with E-state index in [4.69, 9.17) is 10.7 Å². The number of nitrogens with zero attached hydrogens (tertiary/aromatic N) is 3. The van der Waals surface area contributed by atoms with E-state index in [0.29, 0.717) is 17.1 Å². The van der Waals surface area contributed by atoms with Gasteiger partial charge in [0.05, 0.1) is 11.9 Å². The molecule has 0 unspecified atom stereocenters. The van der Waals surface area contributed by atoms with Gasteiger partial charge < -0.3 is 10.7 Å². The van der Waals surface area contributed by atoms with E-state index in [1.165, 1.54) is 6.08 Å². The van der Waals surface area contributed by atoms with Crippen LogP contribution in [0.15, 0.2) is 30.6 Å². The molecule has 3 aromatic rings. The van der Waals surface area contributed by atoms with Crippen LogP contribution in [0.2, 0.25) is 0 Å². The van der Waals surface area contributed by atoms with Crippen LogP contribution >= 0.6 is 0 Å². The van der Waals surface area contributed by atoms with E-state index < -0.39 is 5.91 Å². The molecular formula is C18H19N5O. The minimum absolute atomic E-state index is 0.335. The Labute approximate surface area is 139 Å². The van der Waals surface area contributed by atoms with Crippen LogP contribution in [0.25, 0.3) is 28.5 Å². The number of amides is 1. The third kappa shape index (κ3) is 3.17. The number of aryl methyl sites for hydroxylation is 1. The fourth-order valence-electron chi connectivity index (χ4n) is 2.49. The van der Waals surface area contributed by atoms with Crippen LogP contribution in [-0.2, 0) is 4.79 Å². The number of carbonyl (C=O) groups excluding carboxylic acids is 1. The molecule has 0 bridgehead atoms. The summed E-state index contributed by atoms with van der Waals surface area (Å²) < 4.78 is 0. The SMILES string of the molecule is Cc1cc(-c2cnc3[nH]cc(/C=C/C(N)=O)c3n2)cc(C(C)C)n1. The molecule has 0 atom stereocenters. The third-order valence-corrected chi connectivity index (χ3v) is 3.70. The van der Waals surface area contributed by atoms with Gasteiger partial charge in [0, 0.05) is 34.8 Å². The van der Waals surface area contributed by atoms with Gasteiger partial charge in [-0.1, -0.05) is 13.8 Å². The van der Waals surface area contributed by atoms with E-state index in [0.717, 1.165) is 28.2 Å². The van der Waals surface area contributed by atoms with Gasteiger partial charge in [-0.15, -0.1) is 0 Å². The van der Waals surface area contributed by atoms with Crippen molar-refractivity contribution in [2.45, 2.75) is 26.7 Å². The average molecular weight is 321 g/mol. The lowest BCUT2D eigenvalue weighted by Gasteiger charge is -2.09. The summed E-state index contributed by atoms with van der Waals surface area (Å²) in [4.78, 5) is 27.7. The van der Waals surface area contributed by atoms with Crippen LogP contribution in [-0.4, -0.2) is 25.8 Å². The number of nitrogens with two attached hydrogens (primary N) is 1. The summed E-state index contributed by atoms with van der Waals surface area (Å²) >= 11 is 0. The molecule has 24 heavy (non-hydrogen) atoms. The summed E-state index contributed by atoms with van der Waals surface area (Å²) in [7, 11) is 0. The fourth-order valence-corrected chi connectivity index (χ4v) is 2.49. The number of nitrogens with one attached hydrogen (secondary N) is 1. The summed E-state index contributed by atoms with van der Waals surface area (Å²) in [5.41, 5.74) is 11.0. The summed E-state index contributed by atoms with van der Waals surface area (Å²) in [5, 5.41) is 0. The van der Waals surface area contributed by atoms with Gasteiger partial charge in [0.1, 0.15) is 5.52 Å². The lowest BCUT2D eigenvalue weighted by molar-refractivity contribution is -0.113. The molecule has 6 nitrogen and oxygen atoms in total. The number of hydrogen-bond acceptors (Lipinski definition) is 4. The van der Waals surface area contributed by atoms with E-state index in [2.05, 4.69) is 28.8 Å². The predicted molar refractivity (Wildman–Crippen MR) is 94.2 cm³/mol. The second kappa shape index (κ2) is 6.23. The molecule has 3 heterocycles. The van der Waals surface area contributed by atoms with E-state index in [-0.39, 0.29) is 0 Å². The first kappa shape index (κ1) is 15.9. The molecule has 122 valence electrons. The van der Waals surface area contributed by atoms with Gasteiger partial charge in [0.25, 0.3) is 0 Å². The maximum absolute atomic E-state index is 10.9. The Hall–Kier alpha value is -3.02. The average Bonchev–Trinajstić information content (AvgIpc) is 2.94. The number of primary amides is 1. The fraction of sp³-hybridized carbons (Fsp3) is 0.222. The molecule has 0 saturated carbocycles. The molecule has 1 amide bonds. The number of rotatable bonds is 4. The van der Waals surface area contributed by atoms with Crippen molar-refractivity contribution in [3.05, 3.63) is 47.6 Å². The monoisotopic (exact) mass is 321 g/mol. The van der Waals surface area contributed by atoms with E-state index in [9.17, 15) is 4.79 Å². The number of fused-ring (bicyclic) bond motifs is 1. The highest BCUT2D eigenvalue weighted by Gasteiger charge is 2.10. The van der Waals surface area contributed by atoms with Gasteiger partial charge in [-0.25, -0.2) is 9.97 Å². The lowest BCUT2D eigenvalue weighted by atomic mass is 10.0. The van der Waals surface area contributed by atoms with Crippen LogP contribution in [0.5, 0.6) is 0 Å². The normalized spacial score (nSPS) is 11.7. The first-order valence-electron chi connectivity index (χ1n) is 7.74. The quantitative estimate of drug-likeness (QED) is 0.722. The van der Waals surface area contributed by atoms with Crippen LogP contribution in [0, 0.1) is 6.92 Å². The van der Waals surface area contributed by atoms with E-state index >= 15 is 0 Å². The Bertz CT molecular complexity index is 940. The molecule has 0 saturated heterocycles. The van der Waals surface area contributed by atoms with Crippen molar-refractivity contribution in [2.24, 2.45) is 5.73 Å². The number of aromatic amines is 1. The number of carbonyl (C=O) groups is 1. The van der Waals surface area contributed by atoms with Gasteiger partial charge in [-0.05, 0) is 31.1 Å². The maximum atomic E-state index is 10.9. The smallest absolute Gasteiger partial charge is 0.241 e. The van der Waals surface area contributed by atoms with Gasteiger partial charge in [0.15, 0.2) is 5.65 Å². The second-order valence-electron chi connectivity index (χ2n) is 6.01. The van der Waals surface area contributed by atoms with Crippen LogP contribution < -0.4 is 5.73 Å². The molecule has 3 aromatic heterocycles. The largest absolute Gasteiger partial charge is 0.366 e. The highest BCUT2D eigenvalue weighted by molar-refractivity contribution is 5.93. The van der Waals surface area contributed by atoms with Crippen molar-refractivity contribution in [3.8, 4) is 11.3 Å². The van der Waals surface area contributed by atoms with Crippen LogP contribution in [0.3, 0.4) is 0 Å². The molecule has 0 spiro atoms. The first-order chi connectivity index (χ1) is 11.4. The molecule has 0 aliphatic carbocycles. The first-order valence-corrected chi connectivity index (χ1v) is 7.74. The van der Waals surface area contributed by atoms with Crippen LogP contribution in [0.1, 0.15) is 36.7 Å². The van der Waals surface area contributed by atoms with Crippen molar-refractivity contribution in [3.63, 3.8) is 0 Å². The van der Waals surface area contributed by atoms with Crippen LogP contribution in [0.4, 0.5) is 0 Å². The molecule has 3 N–H and O–H groups in total. The van der Waals surface area contributed by atoms with Crippen molar-refractivity contribution in [1.29, 1.82) is 0 Å². The van der Waals surface area contributed by atoms with Crippen molar-refractivity contribution < 1.29 is 4.79 Å². The Morgan fingerprint density at radius 2 is 2.08 bits per heavy atom. The molecule has 0 fully saturated rings. The molecule has 6 heteroatoms. The zero-order valence-corrected chi connectivity index (χ0v) is 13.9. The van der Waals surface area contributed by atoms with Crippen molar-refractivity contribution in [2.75, 3.05) is 0 Å². The molecular weight excluding hydrogens is 302 g/mol. The van der Waals surface area contributed by atoms with E-state index in [1.54, 1.807) is 18.5 Å². The van der Waals surface area contributed by atoms with Gasteiger partial charge in [0.2, 0.25) is 5.91 Å². The topological polar surface area (TPSA) is 97.6 Å². The van der Waals surface area contributed by atoms with E-state index in [1.807, 2.05) is 19.1 Å². The van der Waals surface area contributed by atoms with Crippen molar-refractivity contribution >= 4 is 23.1 Å². The Morgan fingerprint density at radius 1 is 1.29 bits per heavy atom. The molecule has 0 aliphatic rings. The number of pyridine rings is 1. The minimum atomic E-state index is -0.500. The van der Waals surface area contributed by atoms with Gasteiger partial charge in [-0.2, -0.15) is 0 Å². The molecule has 0 radical (unpaired) electrons. The Balaban J connectivity index is 2.11. The Morgan fingerprint density at radius 3 is 2.79 bits per heavy atom. The van der Waals surface area contributed by atoms with Crippen molar-refractivity contribution in [1.82, 2.24) is 19.9 Å². The summed E-state index contributed by atoms with van der Waals surface area (Å²) in [6.07, 6.45) is 6.44. The summed E-state index contributed by atoms with van der Waals surface area (Å²) in [6, 6.07) is 4.03. The Kier molecular flexibility index (Phi) is 4.12. The highest BCUT2D eigenvalue weighted by Crippen LogP contribution is 2.24. The number of hydrogen-bond donors (Lipinski definition) is 2.